The van der Waals surface area contributed by atoms with E-state index in [2.05, 4.69) is 31.3 Å². The SMILES string of the molecule is CC(Cc1ncc(Br)cc1Cl)NC(=O)c1cn(C)nc1C(F)F. The summed E-state index contributed by atoms with van der Waals surface area (Å²) in [5.41, 5.74) is -0.0517. The minimum absolute atomic E-state index is 0.135. The number of nitrogens with one attached hydrogen (secondary N) is 1. The van der Waals surface area contributed by atoms with E-state index >= 15 is 0 Å². The Morgan fingerprint density at radius 2 is 2.22 bits per heavy atom. The van der Waals surface area contributed by atoms with E-state index in [9.17, 15) is 13.6 Å². The molecule has 2 rings (SSSR count). The van der Waals surface area contributed by atoms with E-state index in [-0.39, 0.29) is 11.6 Å². The smallest absolute Gasteiger partial charge is 0.282 e. The van der Waals surface area contributed by atoms with Crippen molar-refractivity contribution in [3.8, 4) is 0 Å². The molecule has 0 spiro atoms. The van der Waals surface area contributed by atoms with Crippen molar-refractivity contribution in [2.45, 2.75) is 25.8 Å². The molecule has 1 atom stereocenters. The molecule has 0 saturated heterocycles. The lowest BCUT2D eigenvalue weighted by Crippen LogP contribution is -2.34. The molecule has 2 aromatic rings. The molecule has 0 aliphatic heterocycles. The Morgan fingerprint density at radius 3 is 2.83 bits per heavy atom. The minimum Gasteiger partial charge on any atom is -0.349 e. The molecule has 0 bridgehead atoms. The van der Waals surface area contributed by atoms with Crippen LogP contribution in [0.4, 0.5) is 8.78 Å². The predicted octanol–water partition coefficient (Wildman–Crippen LogP) is 3.53. The lowest BCUT2D eigenvalue weighted by molar-refractivity contribution is 0.0925. The Bertz CT molecular complexity index is 723. The van der Waals surface area contributed by atoms with Gasteiger partial charge in [0.25, 0.3) is 12.3 Å². The van der Waals surface area contributed by atoms with Crippen LogP contribution in [0.15, 0.2) is 22.9 Å². The van der Waals surface area contributed by atoms with E-state index in [0.717, 1.165) is 4.47 Å². The van der Waals surface area contributed by atoms with E-state index in [1.165, 1.54) is 17.9 Å². The number of pyridine rings is 1. The summed E-state index contributed by atoms with van der Waals surface area (Å²) in [7, 11) is 1.48. The van der Waals surface area contributed by atoms with Crippen LogP contribution in [0.5, 0.6) is 0 Å². The van der Waals surface area contributed by atoms with E-state index in [1.54, 1.807) is 19.2 Å². The Morgan fingerprint density at radius 1 is 1.52 bits per heavy atom. The summed E-state index contributed by atoms with van der Waals surface area (Å²) in [5, 5.41) is 6.74. The highest BCUT2D eigenvalue weighted by molar-refractivity contribution is 9.10. The third-order valence-corrected chi connectivity index (χ3v) is 3.83. The standard InChI is InChI=1S/C14H14BrClF2N4O/c1-7(3-11-10(16)4-8(15)5-19-11)20-14(23)9-6-22(2)21-12(9)13(17)18/h4-7,13H,3H2,1-2H3,(H,20,23). The number of carbonyl (C=O) groups excluding carboxylic acids is 1. The van der Waals surface area contributed by atoms with Crippen LogP contribution in [-0.4, -0.2) is 26.7 Å². The quantitative estimate of drug-likeness (QED) is 0.825. The first-order valence-electron chi connectivity index (χ1n) is 6.70. The highest BCUT2D eigenvalue weighted by Gasteiger charge is 2.23. The second kappa shape index (κ2) is 7.35. The summed E-state index contributed by atoms with van der Waals surface area (Å²) in [4.78, 5) is 16.3. The van der Waals surface area contributed by atoms with Gasteiger partial charge in [-0.25, -0.2) is 8.78 Å². The number of amides is 1. The Labute approximate surface area is 145 Å². The topological polar surface area (TPSA) is 59.8 Å². The maximum atomic E-state index is 12.9. The largest absolute Gasteiger partial charge is 0.349 e. The number of alkyl halides is 2. The van der Waals surface area contributed by atoms with Crippen molar-refractivity contribution in [2.24, 2.45) is 7.05 Å². The van der Waals surface area contributed by atoms with Crippen LogP contribution in [0, 0.1) is 0 Å². The van der Waals surface area contributed by atoms with Crippen LogP contribution in [0.1, 0.15) is 35.1 Å². The summed E-state index contributed by atoms with van der Waals surface area (Å²) < 4.78 is 27.7. The van der Waals surface area contributed by atoms with Gasteiger partial charge >= 0.3 is 0 Å². The Hall–Kier alpha value is -1.54. The number of aryl methyl sites for hydroxylation is 1. The second-order valence-corrected chi connectivity index (χ2v) is 6.39. The highest BCUT2D eigenvalue weighted by Crippen LogP contribution is 2.22. The number of carbonyl (C=O) groups is 1. The van der Waals surface area contributed by atoms with Gasteiger partial charge in [-0.15, -0.1) is 0 Å². The Balaban J connectivity index is 2.08. The molecule has 0 fully saturated rings. The molecule has 5 nitrogen and oxygen atoms in total. The number of rotatable bonds is 5. The zero-order valence-electron chi connectivity index (χ0n) is 12.4. The zero-order valence-corrected chi connectivity index (χ0v) is 14.7. The Kier molecular flexibility index (Phi) is 5.69. The van der Waals surface area contributed by atoms with Gasteiger partial charge in [0.15, 0.2) is 0 Å². The molecule has 1 unspecified atom stereocenters. The molecule has 1 N–H and O–H groups in total. The van der Waals surface area contributed by atoms with Crippen LogP contribution in [0.25, 0.3) is 0 Å². The first-order valence-corrected chi connectivity index (χ1v) is 7.87. The number of hydrogen-bond acceptors (Lipinski definition) is 3. The molecule has 124 valence electrons. The molecule has 2 heterocycles. The summed E-state index contributed by atoms with van der Waals surface area (Å²) in [6, 6.07) is 1.37. The van der Waals surface area contributed by atoms with Crippen LogP contribution in [0.3, 0.4) is 0 Å². The van der Waals surface area contributed by atoms with Gasteiger partial charge in [0, 0.05) is 36.4 Å². The van der Waals surface area contributed by atoms with Crippen molar-refractivity contribution in [3.05, 3.63) is 44.9 Å². The molecule has 0 aliphatic rings. The molecule has 9 heteroatoms. The van der Waals surface area contributed by atoms with Crippen molar-refractivity contribution >= 4 is 33.4 Å². The van der Waals surface area contributed by atoms with Gasteiger partial charge in [0.05, 0.1) is 16.3 Å². The predicted molar refractivity (Wildman–Crippen MR) is 85.7 cm³/mol. The van der Waals surface area contributed by atoms with Crippen molar-refractivity contribution in [3.63, 3.8) is 0 Å². The van der Waals surface area contributed by atoms with Gasteiger partial charge in [-0.2, -0.15) is 5.10 Å². The van der Waals surface area contributed by atoms with Gasteiger partial charge in [0.2, 0.25) is 0 Å². The summed E-state index contributed by atoms with van der Waals surface area (Å²) in [5.74, 6) is -0.603. The normalized spacial score (nSPS) is 12.5. The lowest BCUT2D eigenvalue weighted by Gasteiger charge is -2.14. The molecular formula is C14H14BrClF2N4O. The molecular weight excluding hydrogens is 394 g/mol. The van der Waals surface area contributed by atoms with E-state index < -0.39 is 18.0 Å². The van der Waals surface area contributed by atoms with Gasteiger partial charge < -0.3 is 5.32 Å². The molecule has 1 amide bonds. The van der Waals surface area contributed by atoms with Crippen molar-refractivity contribution in [1.82, 2.24) is 20.1 Å². The molecule has 0 aromatic carbocycles. The molecule has 2 aromatic heterocycles. The first kappa shape index (κ1) is 17.8. The number of hydrogen-bond donors (Lipinski definition) is 1. The number of halogens is 4. The average molecular weight is 408 g/mol. The summed E-state index contributed by atoms with van der Waals surface area (Å²) in [6.07, 6.45) is 0.442. The molecule has 0 aliphatic carbocycles. The van der Waals surface area contributed by atoms with Gasteiger partial charge in [-0.1, -0.05) is 11.6 Å². The van der Waals surface area contributed by atoms with Gasteiger partial charge in [-0.3, -0.25) is 14.5 Å². The average Bonchev–Trinajstić information content (AvgIpc) is 2.84. The van der Waals surface area contributed by atoms with Crippen molar-refractivity contribution in [1.29, 1.82) is 0 Å². The summed E-state index contributed by atoms with van der Waals surface area (Å²) in [6.45, 7) is 1.75. The monoisotopic (exact) mass is 406 g/mol. The molecule has 0 radical (unpaired) electrons. The van der Waals surface area contributed by atoms with Crippen LogP contribution in [0.2, 0.25) is 5.02 Å². The van der Waals surface area contributed by atoms with Crippen molar-refractivity contribution < 1.29 is 13.6 Å². The third-order valence-electron chi connectivity index (χ3n) is 3.07. The van der Waals surface area contributed by atoms with Gasteiger partial charge in [-0.05, 0) is 28.9 Å². The number of nitrogens with zero attached hydrogens (tertiary/aromatic N) is 3. The fourth-order valence-corrected chi connectivity index (χ4v) is 2.78. The highest BCUT2D eigenvalue weighted by atomic mass is 79.9. The zero-order chi connectivity index (χ0) is 17.1. The third kappa shape index (κ3) is 4.48. The van der Waals surface area contributed by atoms with Crippen molar-refractivity contribution in [2.75, 3.05) is 0 Å². The lowest BCUT2D eigenvalue weighted by atomic mass is 10.1. The van der Waals surface area contributed by atoms with E-state index in [1.807, 2.05) is 0 Å². The first-order chi connectivity index (χ1) is 10.8. The second-order valence-electron chi connectivity index (χ2n) is 5.06. The number of aromatic nitrogens is 3. The van der Waals surface area contributed by atoms with E-state index in [4.69, 9.17) is 11.6 Å². The maximum Gasteiger partial charge on any atom is 0.282 e. The molecule has 0 saturated carbocycles. The molecule has 23 heavy (non-hydrogen) atoms. The van der Waals surface area contributed by atoms with Gasteiger partial charge in [0.1, 0.15) is 5.69 Å². The fourth-order valence-electron chi connectivity index (χ4n) is 2.08. The van der Waals surface area contributed by atoms with E-state index in [0.29, 0.717) is 17.1 Å². The minimum atomic E-state index is -2.81. The summed E-state index contributed by atoms with van der Waals surface area (Å²) >= 11 is 9.34. The van der Waals surface area contributed by atoms with Crippen LogP contribution in [-0.2, 0) is 13.5 Å². The fraction of sp³-hybridized carbons (Fsp3) is 0.357. The van der Waals surface area contributed by atoms with Crippen LogP contribution < -0.4 is 5.32 Å². The van der Waals surface area contributed by atoms with Crippen LogP contribution >= 0.6 is 27.5 Å². The maximum absolute atomic E-state index is 12.9.